The topological polar surface area (TPSA) is 72.7 Å². The molecule has 1 heterocycles. The lowest BCUT2D eigenvalue weighted by Crippen LogP contribution is -2.45. The molecule has 0 saturated carbocycles. The zero-order valence-corrected chi connectivity index (χ0v) is 16.6. The molecule has 152 valence electrons. The summed E-state index contributed by atoms with van der Waals surface area (Å²) in [5, 5.41) is 11.1. The van der Waals surface area contributed by atoms with Gasteiger partial charge in [0.1, 0.15) is 5.60 Å². The lowest BCUT2D eigenvalue weighted by Gasteiger charge is -2.41. The van der Waals surface area contributed by atoms with Crippen LogP contribution in [0.4, 0.5) is 5.69 Å². The fourth-order valence-corrected chi connectivity index (χ4v) is 3.70. The molecule has 2 aromatic rings. The van der Waals surface area contributed by atoms with Crippen molar-refractivity contribution < 1.29 is 14.5 Å². The molecule has 29 heavy (non-hydrogen) atoms. The first kappa shape index (κ1) is 20.7. The molecule has 0 unspecified atom stereocenters. The van der Waals surface area contributed by atoms with Crippen LogP contribution < -0.4 is 0 Å². The summed E-state index contributed by atoms with van der Waals surface area (Å²) in [4.78, 5) is 25.1. The van der Waals surface area contributed by atoms with Gasteiger partial charge in [-0.3, -0.25) is 19.8 Å². The Morgan fingerprint density at radius 3 is 2.45 bits per heavy atom. The van der Waals surface area contributed by atoms with E-state index in [0.717, 1.165) is 31.5 Å². The number of hydrogen-bond donors (Lipinski definition) is 0. The molecule has 1 aliphatic rings. The summed E-state index contributed by atoms with van der Waals surface area (Å²) < 4.78 is 5.92. The Morgan fingerprint density at radius 1 is 1.14 bits per heavy atom. The lowest BCUT2D eigenvalue weighted by atomic mass is 9.84. The van der Waals surface area contributed by atoms with E-state index in [1.165, 1.54) is 6.07 Å². The molecule has 0 bridgehead atoms. The van der Waals surface area contributed by atoms with E-state index >= 15 is 0 Å². The third-order valence-electron chi connectivity index (χ3n) is 5.36. The average molecular weight is 394 g/mol. The summed E-state index contributed by atoms with van der Waals surface area (Å²) >= 11 is 0. The lowest BCUT2D eigenvalue weighted by molar-refractivity contribution is -0.385. The maximum absolute atomic E-state index is 12.1. The highest BCUT2D eigenvalue weighted by atomic mass is 16.6. The summed E-state index contributed by atoms with van der Waals surface area (Å²) in [6.45, 7) is 4.07. The van der Waals surface area contributed by atoms with Gasteiger partial charge in [-0.1, -0.05) is 61.5 Å². The second-order valence-corrected chi connectivity index (χ2v) is 7.21. The molecular weight excluding hydrogens is 368 g/mol. The van der Waals surface area contributed by atoms with Crippen molar-refractivity contribution in [3.63, 3.8) is 0 Å². The van der Waals surface area contributed by atoms with E-state index in [1.807, 2.05) is 43.3 Å². The predicted molar refractivity (Wildman–Crippen MR) is 112 cm³/mol. The Labute approximate surface area is 170 Å². The minimum Gasteiger partial charge on any atom is -0.454 e. The number of rotatable bonds is 7. The number of nitrogens with zero attached hydrogens (tertiary/aromatic N) is 2. The van der Waals surface area contributed by atoms with E-state index in [1.54, 1.807) is 24.3 Å². The van der Waals surface area contributed by atoms with Crippen molar-refractivity contribution in [2.75, 3.05) is 19.6 Å². The molecule has 1 saturated heterocycles. The van der Waals surface area contributed by atoms with E-state index in [9.17, 15) is 14.9 Å². The minimum atomic E-state index is -0.577. The Bertz CT molecular complexity index is 871. The summed E-state index contributed by atoms with van der Waals surface area (Å²) in [7, 11) is 0. The molecule has 6 heteroatoms. The molecule has 0 atom stereocenters. The van der Waals surface area contributed by atoms with Gasteiger partial charge in [0.15, 0.2) is 0 Å². The Kier molecular flexibility index (Phi) is 6.77. The number of benzene rings is 2. The number of para-hydroxylation sites is 1. The first-order valence-electron chi connectivity index (χ1n) is 9.94. The highest BCUT2D eigenvalue weighted by molar-refractivity contribution is 5.69. The maximum Gasteiger partial charge on any atom is 0.306 e. The first-order chi connectivity index (χ1) is 14.0. The number of esters is 1. The van der Waals surface area contributed by atoms with Crippen molar-refractivity contribution in [1.29, 1.82) is 0 Å². The van der Waals surface area contributed by atoms with Gasteiger partial charge in [0.2, 0.25) is 0 Å². The fraction of sp³-hybridized carbons (Fsp3) is 0.348. The SMILES string of the molecule is CCC(=O)OC1(c2ccccc2)CCN(C/C=C/c2ccccc2[N+](=O)[O-])CC1. The fourth-order valence-electron chi connectivity index (χ4n) is 3.70. The van der Waals surface area contributed by atoms with Crippen molar-refractivity contribution in [2.45, 2.75) is 31.8 Å². The number of piperidine rings is 1. The molecule has 0 aliphatic carbocycles. The number of nitro benzene ring substituents is 1. The van der Waals surface area contributed by atoms with Crippen molar-refractivity contribution in [3.05, 3.63) is 81.9 Å². The van der Waals surface area contributed by atoms with Crippen LogP contribution in [0.3, 0.4) is 0 Å². The van der Waals surface area contributed by atoms with Crippen LogP contribution in [0.25, 0.3) is 6.08 Å². The standard InChI is InChI=1S/C23H26N2O4/c1-2-22(26)29-23(20-11-4-3-5-12-20)14-17-24(18-15-23)16-8-10-19-9-6-7-13-21(19)25(27)28/h3-13H,2,14-18H2,1H3/b10-8+. The number of ether oxygens (including phenoxy) is 1. The van der Waals surface area contributed by atoms with E-state index in [2.05, 4.69) is 4.90 Å². The molecule has 0 radical (unpaired) electrons. The van der Waals surface area contributed by atoms with Crippen LogP contribution in [-0.4, -0.2) is 35.4 Å². The van der Waals surface area contributed by atoms with Crippen molar-refractivity contribution in [1.82, 2.24) is 4.90 Å². The molecule has 0 amide bonds. The van der Waals surface area contributed by atoms with Crippen LogP contribution >= 0.6 is 0 Å². The smallest absolute Gasteiger partial charge is 0.306 e. The van der Waals surface area contributed by atoms with Crippen LogP contribution in [0.2, 0.25) is 0 Å². The average Bonchev–Trinajstić information content (AvgIpc) is 2.76. The molecule has 1 aliphatic heterocycles. The highest BCUT2D eigenvalue weighted by Gasteiger charge is 2.39. The van der Waals surface area contributed by atoms with Gasteiger partial charge in [-0.15, -0.1) is 0 Å². The van der Waals surface area contributed by atoms with Crippen LogP contribution in [-0.2, 0) is 15.1 Å². The van der Waals surface area contributed by atoms with E-state index in [4.69, 9.17) is 4.74 Å². The molecule has 0 aromatic heterocycles. The van der Waals surface area contributed by atoms with Gasteiger partial charge < -0.3 is 4.74 Å². The van der Waals surface area contributed by atoms with Gasteiger partial charge >= 0.3 is 5.97 Å². The number of carbonyl (C=O) groups is 1. The molecule has 0 N–H and O–H groups in total. The molecule has 1 fully saturated rings. The highest BCUT2D eigenvalue weighted by Crippen LogP contribution is 2.37. The largest absolute Gasteiger partial charge is 0.454 e. The van der Waals surface area contributed by atoms with E-state index in [0.29, 0.717) is 18.5 Å². The Hall–Kier alpha value is -2.99. The van der Waals surface area contributed by atoms with Crippen molar-refractivity contribution in [2.24, 2.45) is 0 Å². The van der Waals surface area contributed by atoms with Gasteiger partial charge in [0.05, 0.1) is 10.5 Å². The Morgan fingerprint density at radius 2 is 1.79 bits per heavy atom. The third-order valence-corrected chi connectivity index (χ3v) is 5.36. The molecule has 3 rings (SSSR count). The van der Waals surface area contributed by atoms with Crippen LogP contribution in [0.5, 0.6) is 0 Å². The molecular formula is C23H26N2O4. The zero-order valence-electron chi connectivity index (χ0n) is 16.6. The summed E-state index contributed by atoms with van der Waals surface area (Å²) in [6, 6.07) is 16.7. The summed E-state index contributed by atoms with van der Waals surface area (Å²) in [6.07, 6.45) is 5.56. The quantitative estimate of drug-likeness (QED) is 0.391. The number of carbonyl (C=O) groups excluding carboxylic acids is 1. The normalized spacial score (nSPS) is 16.6. The van der Waals surface area contributed by atoms with Gasteiger partial charge in [-0.2, -0.15) is 0 Å². The predicted octanol–water partition coefficient (Wildman–Crippen LogP) is 4.55. The molecule has 2 aromatic carbocycles. The van der Waals surface area contributed by atoms with Crippen molar-refractivity contribution >= 4 is 17.7 Å². The van der Waals surface area contributed by atoms with Crippen LogP contribution in [0, 0.1) is 10.1 Å². The van der Waals surface area contributed by atoms with Crippen LogP contribution in [0.15, 0.2) is 60.7 Å². The van der Waals surface area contributed by atoms with Crippen LogP contribution in [0.1, 0.15) is 37.3 Å². The zero-order chi connectivity index (χ0) is 20.7. The third kappa shape index (κ3) is 5.09. The molecule has 6 nitrogen and oxygen atoms in total. The van der Waals surface area contributed by atoms with Gasteiger partial charge in [0.25, 0.3) is 5.69 Å². The first-order valence-corrected chi connectivity index (χ1v) is 9.94. The second kappa shape index (κ2) is 9.47. The monoisotopic (exact) mass is 394 g/mol. The maximum atomic E-state index is 12.1. The van der Waals surface area contributed by atoms with E-state index < -0.39 is 5.60 Å². The van der Waals surface area contributed by atoms with Gasteiger partial charge in [0, 0.05) is 45.0 Å². The molecule has 0 spiro atoms. The number of likely N-dealkylation sites (tertiary alicyclic amines) is 1. The summed E-state index contributed by atoms with van der Waals surface area (Å²) in [5.41, 5.74) is 1.17. The minimum absolute atomic E-state index is 0.108. The summed E-state index contributed by atoms with van der Waals surface area (Å²) in [5.74, 6) is -0.182. The van der Waals surface area contributed by atoms with Gasteiger partial charge in [-0.25, -0.2) is 0 Å². The number of hydrogen-bond acceptors (Lipinski definition) is 5. The Balaban J connectivity index is 1.65. The second-order valence-electron chi connectivity index (χ2n) is 7.21. The number of nitro groups is 1. The van der Waals surface area contributed by atoms with Crippen molar-refractivity contribution in [3.8, 4) is 0 Å². The van der Waals surface area contributed by atoms with E-state index in [-0.39, 0.29) is 16.6 Å². The van der Waals surface area contributed by atoms with Gasteiger partial charge in [-0.05, 0) is 11.6 Å².